The average molecular weight is 122 g/mol. The van der Waals surface area contributed by atoms with E-state index in [1.54, 1.807) is 0 Å². The van der Waals surface area contributed by atoms with Gasteiger partial charge in [0.2, 0.25) is 0 Å². The maximum atomic E-state index is 3.96. The molecule has 0 aromatic heterocycles. The van der Waals surface area contributed by atoms with Gasteiger partial charge in [0, 0.05) is 0 Å². The summed E-state index contributed by atoms with van der Waals surface area (Å²) in [6.07, 6.45) is 5.34. The van der Waals surface area contributed by atoms with Crippen molar-refractivity contribution < 1.29 is 0 Å². The van der Waals surface area contributed by atoms with Gasteiger partial charge < -0.3 is 0 Å². The summed E-state index contributed by atoms with van der Waals surface area (Å²) in [6, 6.07) is 0. The summed E-state index contributed by atoms with van der Waals surface area (Å²) in [7, 11) is 0. The number of hydrogen-bond donors (Lipinski definition) is 0. The highest BCUT2D eigenvalue weighted by atomic mass is 32.7. The zero-order valence-corrected chi connectivity index (χ0v) is 6.27. The van der Waals surface area contributed by atoms with Crippen LogP contribution >= 0.6 is 17.5 Å². The van der Waals surface area contributed by atoms with Crippen LogP contribution in [0, 0.1) is 0 Å². The molecule has 6 heavy (non-hydrogen) atoms. The van der Waals surface area contributed by atoms with Crippen molar-refractivity contribution in [1.82, 2.24) is 0 Å². The molecule has 0 amide bonds. The Hall–Kier alpha value is 0.650. The molecular weight excluding hydrogens is 111 g/mol. The van der Waals surface area contributed by atoms with E-state index in [0.717, 1.165) is 0 Å². The Balaban J connectivity index is 3.48. The molecule has 0 saturated carbocycles. The molecule has 0 fully saturated rings. The summed E-state index contributed by atoms with van der Waals surface area (Å²) < 4.78 is 0. The van der Waals surface area contributed by atoms with Gasteiger partial charge in [-0.2, -0.15) is 0 Å². The first-order chi connectivity index (χ1) is 2.56. The first-order valence-electron chi connectivity index (χ1n) is 1.80. The Kier molecular flexibility index (Phi) is 2.31. The molecule has 0 rings (SSSR count). The predicted octanol–water partition coefficient (Wildman–Crippen LogP) is 1.97. The molecule has 0 aromatic rings. The molecule has 0 N–H and O–H groups in total. The van der Waals surface area contributed by atoms with E-state index in [-0.39, 0.29) is 0 Å². The molecule has 0 heterocycles. The first-order valence-corrected chi connectivity index (χ1v) is 6.50. The smallest absolute Gasteiger partial charge is 0.0143 e. The van der Waals surface area contributed by atoms with Crippen molar-refractivity contribution >= 4 is 23.8 Å². The van der Waals surface area contributed by atoms with Crippen LogP contribution in [-0.4, -0.2) is 25.9 Å². The van der Waals surface area contributed by atoms with E-state index in [4.69, 9.17) is 0 Å². The lowest BCUT2D eigenvalue weighted by Gasteiger charge is -2.04. The monoisotopic (exact) mass is 122 g/mol. The molecule has 0 radical (unpaired) electrons. The second-order valence-electron chi connectivity index (χ2n) is 1.76. The zero-order valence-electron chi connectivity index (χ0n) is 4.56. The summed E-state index contributed by atoms with van der Waals surface area (Å²) in [5.74, 6) is 0. The molecule has 0 aliphatic heterocycles. The van der Waals surface area contributed by atoms with Crippen LogP contribution in [0.2, 0.25) is 0 Å². The fourth-order valence-electron chi connectivity index (χ4n) is 0. The van der Waals surface area contributed by atoms with Crippen molar-refractivity contribution in [1.29, 1.82) is 0 Å². The number of hydrogen-bond acceptors (Lipinski definition) is 1. The lowest BCUT2D eigenvalue weighted by Crippen LogP contribution is -1.60. The van der Waals surface area contributed by atoms with Gasteiger partial charge in [0.15, 0.2) is 0 Å². The second kappa shape index (κ2) is 2.09. The van der Waals surface area contributed by atoms with Gasteiger partial charge in [0.25, 0.3) is 0 Å². The summed E-state index contributed by atoms with van der Waals surface area (Å²) in [5.41, 5.74) is 0. The molecule has 0 saturated heterocycles. The van der Waals surface area contributed by atoms with Crippen LogP contribution < -0.4 is 0 Å². The van der Waals surface area contributed by atoms with Crippen molar-refractivity contribution in [3.63, 3.8) is 0 Å². The maximum Gasteiger partial charge on any atom is -0.0143 e. The Labute approximate surface area is 44.0 Å². The molecule has 0 atom stereocenters. The highest BCUT2D eigenvalue weighted by Gasteiger charge is 1.89. The molecule has 0 aliphatic carbocycles. The van der Waals surface area contributed by atoms with E-state index < -0.39 is 6.09 Å². The standard InChI is InChI=1S/C4H11PS/c1-5(2,3)6-4/h1H2,2-4H3. The quantitative estimate of drug-likeness (QED) is 0.479. The van der Waals surface area contributed by atoms with E-state index >= 15 is 0 Å². The fourth-order valence-corrected chi connectivity index (χ4v) is 0. The van der Waals surface area contributed by atoms with Gasteiger partial charge in [-0.05, 0) is 19.6 Å². The van der Waals surface area contributed by atoms with Gasteiger partial charge in [0.1, 0.15) is 0 Å². The molecule has 0 unspecified atom stereocenters. The Morgan fingerprint density at radius 2 is 1.67 bits per heavy atom. The van der Waals surface area contributed by atoms with Crippen LogP contribution in [0.4, 0.5) is 0 Å². The van der Waals surface area contributed by atoms with Crippen molar-refractivity contribution in [2.75, 3.05) is 19.6 Å². The van der Waals surface area contributed by atoms with Crippen LogP contribution in [0.1, 0.15) is 0 Å². The summed E-state index contributed by atoms with van der Waals surface area (Å²) >= 11 is 1.88. The van der Waals surface area contributed by atoms with Gasteiger partial charge in [-0.3, -0.25) is 0 Å². The predicted molar refractivity (Wildman–Crippen MR) is 39.4 cm³/mol. The van der Waals surface area contributed by atoms with Crippen molar-refractivity contribution in [3.8, 4) is 0 Å². The molecule has 2 heteroatoms. The Morgan fingerprint density at radius 1 is 1.50 bits per heavy atom. The van der Waals surface area contributed by atoms with Gasteiger partial charge >= 0.3 is 0 Å². The SMILES string of the molecule is C=P(C)(C)SC. The summed E-state index contributed by atoms with van der Waals surface area (Å²) in [5, 5.41) is 0. The fraction of sp³-hybridized carbons (Fsp3) is 0.750. The molecule has 0 aliphatic rings. The average Bonchev–Trinajstić information content (AvgIpc) is 1.35. The van der Waals surface area contributed by atoms with Crippen molar-refractivity contribution in [2.24, 2.45) is 0 Å². The molecule has 0 aromatic carbocycles. The molecule has 0 nitrogen and oxygen atoms in total. The first kappa shape index (κ1) is 6.65. The van der Waals surface area contributed by atoms with Gasteiger partial charge in [0.05, 0.1) is 0 Å². The van der Waals surface area contributed by atoms with Gasteiger partial charge in [-0.1, -0.05) is 12.4 Å². The topological polar surface area (TPSA) is 0 Å². The van der Waals surface area contributed by atoms with Gasteiger partial charge in [-0.15, -0.1) is 11.4 Å². The van der Waals surface area contributed by atoms with Crippen molar-refractivity contribution in [2.45, 2.75) is 0 Å². The maximum absolute atomic E-state index is 3.96. The molecular formula is C4H11PS. The molecule has 38 valence electrons. The Bertz CT molecular complexity index is 71.6. The Morgan fingerprint density at radius 3 is 1.67 bits per heavy atom. The summed E-state index contributed by atoms with van der Waals surface area (Å²) in [4.78, 5) is 0. The summed E-state index contributed by atoms with van der Waals surface area (Å²) in [6.45, 7) is 4.41. The molecule has 0 spiro atoms. The normalized spacial score (nSPS) is 11.8. The van der Waals surface area contributed by atoms with E-state index in [9.17, 15) is 0 Å². The minimum Gasteiger partial charge on any atom is -0.140 e. The van der Waals surface area contributed by atoms with E-state index in [1.807, 2.05) is 11.4 Å². The third-order valence-electron chi connectivity index (χ3n) is 0.494. The van der Waals surface area contributed by atoms with E-state index in [0.29, 0.717) is 0 Å². The second-order valence-corrected chi connectivity index (χ2v) is 9.33. The zero-order chi connectivity index (χ0) is 5.21. The van der Waals surface area contributed by atoms with Crippen LogP contribution in [0.25, 0.3) is 0 Å². The minimum atomic E-state index is -0.730. The van der Waals surface area contributed by atoms with E-state index in [2.05, 4.69) is 25.9 Å². The highest BCUT2D eigenvalue weighted by molar-refractivity contribution is 8.60. The lowest BCUT2D eigenvalue weighted by molar-refractivity contribution is 2.27. The van der Waals surface area contributed by atoms with Crippen LogP contribution in [0.15, 0.2) is 0 Å². The van der Waals surface area contributed by atoms with Crippen LogP contribution in [0.5, 0.6) is 0 Å². The van der Waals surface area contributed by atoms with Crippen molar-refractivity contribution in [3.05, 3.63) is 0 Å². The molecule has 0 bridgehead atoms. The number of rotatable bonds is 1. The highest BCUT2D eigenvalue weighted by Crippen LogP contribution is 2.48. The lowest BCUT2D eigenvalue weighted by atomic mass is 11.9. The van der Waals surface area contributed by atoms with Crippen LogP contribution in [0.3, 0.4) is 0 Å². The van der Waals surface area contributed by atoms with Gasteiger partial charge in [-0.25, -0.2) is 0 Å². The minimum absolute atomic E-state index is 0.730. The van der Waals surface area contributed by atoms with E-state index in [1.165, 1.54) is 0 Å². The van der Waals surface area contributed by atoms with Crippen LogP contribution in [-0.2, 0) is 0 Å². The third-order valence-corrected chi connectivity index (χ3v) is 4.45. The third kappa shape index (κ3) is 4.65. The largest absolute Gasteiger partial charge is 0.140 e.